The lowest BCUT2D eigenvalue weighted by atomic mass is 10.1. The quantitative estimate of drug-likeness (QED) is 0.0847. The van der Waals surface area contributed by atoms with E-state index in [0.717, 1.165) is 102 Å². The van der Waals surface area contributed by atoms with Crippen molar-refractivity contribution in [1.29, 1.82) is 0 Å². The van der Waals surface area contributed by atoms with Crippen molar-refractivity contribution in [3.05, 3.63) is 437 Å². The largest absolute Gasteiger partial charge is 0.311 e. The molecule has 0 spiro atoms. The molecule has 528 valence electrons. The Morgan fingerprint density at radius 3 is 0.505 bits per heavy atom. The second-order valence-corrected chi connectivity index (χ2v) is 30.5. The van der Waals surface area contributed by atoms with Crippen molar-refractivity contribution in [1.82, 2.24) is 0 Å². The Hall–Kier alpha value is -13.8. The second kappa shape index (κ2) is 30.5. The Balaban J connectivity index is 0.000000151. The summed E-state index contributed by atoms with van der Waals surface area (Å²) in [5, 5.41) is 7.54. The lowest BCUT2D eigenvalue weighted by molar-refractivity contribution is 1.25. The van der Waals surface area contributed by atoms with Gasteiger partial charge in [0.05, 0.1) is 0 Å². The molecule has 0 radical (unpaired) electrons. The minimum atomic E-state index is 1.08. The molecule has 111 heavy (non-hydrogen) atoms. The molecule has 0 aliphatic heterocycles. The molecule has 3 aromatic heterocycles. The topological polar surface area (TPSA) is 19.4 Å². The number of nitrogens with zero attached hydrogens (tertiary/aromatic N) is 6. The molecule has 0 saturated carbocycles. The van der Waals surface area contributed by atoms with E-state index in [1.165, 1.54) is 60.5 Å². The fourth-order valence-electron chi connectivity index (χ4n) is 15.3. The first-order valence-corrected chi connectivity index (χ1v) is 39.8. The van der Waals surface area contributed by atoms with Crippen molar-refractivity contribution in [2.45, 2.75) is 0 Å². The predicted octanol–water partition coefficient (Wildman–Crippen LogP) is 31.3. The smallest absolute Gasteiger partial charge is 0.0482 e. The van der Waals surface area contributed by atoms with Gasteiger partial charge < -0.3 is 29.4 Å². The van der Waals surface area contributed by atoms with Crippen molar-refractivity contribution in [2.24, 2.45) is 0 Å². The number of rotatable bonds is 18. The molecule has 0 unspecified atom stereocenters. The van der Waals surface area contributed by atoms with Crippen LogP contribution in [-0.4, -0.2) is 0 Å². The molecule has 6 nitrogen and oxygen atoms in total. The minimum Gasteiger partial charge on any atom is -0.311 e. The summed E-state index contributed by atoms with van der Waals surface area (Å²) in [5.41, 5.74) is 20.0. The number of hydrogen-bond acceptors (Lipinski definition) is 9. The van der Waals surface area contributed by atoms with Crippen LogP contribution in [0.25, 0.3) is 60.5 Å². The van der Waals surface area contributed by atoms with Gasteiger partial charge in [-0.1, -0.05) is 188 Å². The lowest BCUT2D eigenvalue weighted by Gasteiger charge is -2.29. The third-order valence-electron chi connectivity index (χ3n) is 20.4. The molecule has 20 rings (SSSR count). The van der Waals surface area contributed by atoms with E-state index in [9.17, 15) is 0 Å². The second-order valence-electron chi connectivity index (χ2n) is 27.3. The zero-order valence-corrected chi connectivity index (χ0v) is 62.9. The fraction of sp³-hybridized carbons (Fsp3) is 0. The van der Waals surface area contributed by atoms with Crippen molar-refractivity contribution < 1.29 is 0 Å². The van der Waals surface area contributed by atoms with Crippen LogP contribution in [-0.2, 0) is 0 Å². The molecule has 0 saturated heterocycles. The average molecular weight is 1480 g/mol. The molecule has 0 N–H and O–H groups in total. The first kappa shape index (κ1) is 67.8. The van der Waals surface area contributed by atoms with Gasteiger partial charge in [-0.2, -0.15) is 0 Å². The summed E-state index contributed by atoms with van der Waals surface area (Å²) in [7, 11) is 0. The Kier molecular flexibility index (Phi) is 18.6. The van der Waals surface area contributed by atoms with Gasteiger partial charge in [-0.15, -0.1) is 34.0 Å². The van der Waals surface area contributed by atoms with E-state index in [2.05, 4.69) is 466 Å². The molecule has 0 aliphatic rings. The number of benzene rings is 17. The first-order valence-electron chi connectivity index (χ1n) is 37.4. The van der Waals surface area contributed by atoms with Gasteiger partial charge in [-0.05, 0) is 249 Å². The first-order chi connectivity index (χ1) is 55.0. The van der Waals surface area contributed by atoms with Crippen LogP contribution in [0.5, 0.6) is 0 Å². The number of thiophene rings is 3. The summed E-state index contributed by atoms with van der Waals surface area (Å²) in [6, 6.07) is 157. The molecule has 0 atom stereocenters. The highest BCUT2D eigenvalue weighted by molar-refractivity contribution is 7.26. The van der Waals surface area contributed by atoms with Crippen LogP contribution >= 0.6 is 34.0 Å². The monoisotopic (exact) mass is 1480 g/mol. The van der Waals surface area contributed by atoms with Crippen molar-refractivity contribution in [2.75, 3.05) is 29.4 Å². The van der Waals surface area contributed by atoms with E-state index in [1.54, 1.807) is 0 Å². The van der Waals surface area contributed by atoms with E-state index in [-0.39, 0.29) is 0 Å². The van der Waals surface area contributed by atoms with Crippen LogP contribution in [0.15, 0.2) is 437 Å². The van der Waals surface area contributed by atoms with Crippen LogP contribution < -0.4 is 29.4 Å². The summed E-state index contributed by atoms with van der Waals surface area (Å²) < 4.78 is 7.66. The van der Waals surface area contributed by atoms with Gasteiger partial charge in [0.1, 0.15) is 0 Å². The summed E-state index contributed by atoms with van der Waals surface area (Å²) in [6.07, 6.45) is 0. The molecule has 0 amide bonds. The molecule has 20 aromatic rings. The van der Waals surface area contributed by atoms with Gasteiger partial charge in [0, 0.05) is 163 Å². The maximum Gasteiger partial charge on any atom is 0.0482 e. The van der Waals surface area contributed by atoms with E-state index in [0.29, 0.717) is 0 Å². The van der Waals surface area contributed by atoms with Gasteiger partial charge in [-0.3, -0.25) is 0 Å². The lowest BCUT2D eigenvalue weighted by Crippen LogP contribution is -2.13. The van der Waals surface area contributed by atoms with Crippen molar-refractivity contribution in [3.63, 3.8) is 0 Å². The molecule has 0 aliphatic carbocycles. The third-order valence-corrected chi connectivity index (χ3v) is 23.8. The number of para-hydroxylation sites is 9. The van der Waals surface area contributed by atoms with E-state index >= 15 is 0 Å². The Bertz CT molecular complexity index is 6430. The highest BCUT2D eigenvalue weighted by Gasteiger charge is 2.24. The fourth-order valence-corrected chi connectivity index (χ4v) is 18.5. The summed E-state index contributed by atoms with van der Waals surface area (Å²) in [6.45, 7) is 0. The summed E-state index contributed by atoms with van der Waals surface area (Å²) in [4.78, 5) is 14.1. The van der Waals surface area contributed by atoms with Crippen LogP contribution in [0.4, 0.5) is 102 Å². The van der Waals surface area contributed by atoms with Gasteiger partial charge in [0.15, 0.2) is 0 Å². The molecule has 9 heteroatoms. The Morgan fingerprint density at radius 1 is 0.108 bits per heavy atom. The van der Waals surface area contributed by atoms with E-state index in [4.69, 9.17) is 0 Å². The highest BCUT2D eigenvalue weighted by Crippen LogP contribution is 2.49. The minimum absolute atomic E-state index is 1.08. The third kappa shape index (κ3) is 13.6. The maximum atomic E-state index is 2.43. The van der Waals surface area contributed by atoms with Crippen LogP contribution in [0.2, 0.25) is 0 Å². The standard InChI is InChI=1S/C54H37N3S2.C48H35N3S/c1-5-16-38(17-6-1)55(39-18-7-2-8-19-39)42-24-15-25-43(34-42)57(45-29-31-52-48(35-45)47-26-13-14-27-51(47)58-52)46-30-33-54-50(37-46)49-36-44(28-32-53(49)59-54)56(40-20-9-3-10-21-40)41-22-11-4-12-23-41;1-6-16-36(17-7-1)49(37-18-8-2-9-19-37)41-26-28-42(29-27-41)51(40-24-14-5-15-25-40)44-31-33-48-46(35-44)45-34-43(30-32-47(45)52-48)50(38-20-10-3-11-21-38)39-22-12-4-13-23-39/h1-37H;1-35H. The van der Waals surface area contributed by atoms with Gasteiger partial charge in [-0.25, -0.2) is 0 Å². The zero-order chi connectivity index (χ0) is 73.8. The normalized spacial score (nSPS) is 11.2. The summed E-state index contributed by atoms with van der Waals surface area (Å²) in [5.74, 6) is 0. The maximum absolute atomic E-state index is 2.43. The number of fused-ring (bicyclic) bond motifs is 9. The molecule has 17 aromatic carbocycles. The van der Waals surface area contributed by atoms with Crippen LogP contribution in [0, 0.1) is 0 Å². The van der Waals surface area contributed by atoms with Gasteiger partial charge in [0.25, 0.3) is 0 Å². The van der Waals surface area contributed by atoms with E-state index in [1.807, 2.05) is 34.0 Å². The summed E-state index contributed by atoms with van der Waals surface area (Å²) >= 11 is 5.55. The Morgan fingerprint density at radius 2 is 0.261 bits per heavy atom. The van der Waals surface area contributed by atoms with Crippen molar-refractivity contribution in [3.8, 4) is 0 Å². The molecule has 0 bridgehead atoms. The highest BCUT2D eigenvalue weighted by atomic mass is 32.1. The van der Waals surface area contributed by atoms with Crippen LogP contribution in [0.1, 0.15) is 0 Å². The Labute approximate surface area is 658 Å². The molecular formula is C102H72N6S3. The molecule has 3 heterocycles. The number of anilines is 18. The number of hydrogen-bond donors (Lipinski definition) is 0. The van der Waals surface area contributed by atoms with Crippen LogP contribution in [0.3, 0.4) is 0 Å². The van der Waals surface area contributed by atoms with Crippen molar-refractivity contribution >= 4 is 197 Å². The van der Waals surface area contributed by atoms with E-state index < -0.39 is 0 Å². The van der Waals surface area contributed by atoms with Gasteiger partial charge >= 0.3 is 0 Å². The SMILES string of the molecule is c1ccc(N(c2ccccc2)c2ccc(N(c3ccccc3)c3ccc4sc5ccc(N(c6ccccc6)c6ccccc6)cc5c4c3)cc2)cc1.c1ccc(N(c2ccccc2)c2cccc(N(c3ccc4sc5ccccc5c4c3)c3ccc4sc5ccc(N(c6ccccc6)c6ccccc6)cc5c4c3)c2)cc1. The zero-order valence-electron chi connectivity index (χ0n) is 60.5. The predicted molar refractivity (Wildman–Crippen MR) is 480 cm³/mol. The average Bonchev–Trinajstić information content (AvgIpc) is 1.65. The van der Waals surface area contributed by atoms with Gasteiger partial charge in [0.2, 0.25) is 0 Å². The molecule has 0 fully saturated rings. The molecular weight excluding hydrogens is 1410 g/mol.